The Morgan fingerprint density at radius 3 is 2.70 bits per heavy atom. The van der Waals surface area contributed by atoms with Crippen molar-refractivity contribution in [3.8, 4) is 0 Å². The Labute approximate surface area is 158 Å². The lowest BCUT2D eigenvalue weighted by atomic mass is 10.0. The van der Waals surface area contributed by atoms with E-state index in [4.69, 9.17) is 4.74 Å². The number of hydrogen-bond donors (Lipinski definition) is 1. The molecule has 0 saturated heterocycles. The molecule has 0 aliphatic heterocycles. The van der Waals surface area contributed by atoms with Crippen molar-refractivity contribution in [1.29, 1.82) is 0 Å². The molecule has 1 aromatic carbocycles. The lowest BCUT2D eigenvalue weighted by molar-refractivity contribution is -0.151. The SMILES string of the molecule is CC(C)[C@H](NC(=O)c1cccs1)C(=O)OCn1nnc2ccccc2c1=O. The largest absolute Gasteiger partial charge is 0.441 e. The van der Waals surface area contributed by atoms with Crippen molar-refractivity contribution in [3.05, 3.63) is 57.0 Å². The predicted molar refractivity (Wildman–Crippen MR) is 100 cm³/mol. The number of hydrogen-bond acceptors (Lipinski definition) is 7. The first-order valence-corrected chi connectivity index (χ1v) is 9.19. The second-order valence-corrected chi connectivity index (χ2v) is 7.12. The van der Waals surface area contributed by atoms with E-state index in [1.54, 1.807) is 55.6 Å². The van der Waals surface area contributed by atoms with Crippen LogP contribution in [0, 0.1) is 5.92 Å². The smallest absolute Gasteiger partial charge is 0.330 e. The van der Waals surface area contributed by atoms with Gasteiger partial charge in [0.2, 0.25) is 0 Å². The number of benzene rings is 1. The second-order valence-electron chi connectivity index (χ2n) is 6.18. The van der Waals surface area contributed by atoms with Crippen LogP contribution in [-0.2, 0) is 16.3 Å². The van der Waals surface area contributed by atoms with Crippen LogP contribution in [0.25, 0.3) is 10.9 Å². The highest BCUT2D eigenvalue weighted by atomic mass is 32.1. The van der Waals surface area contributed by atoms with Crippen molar-refractivity contribution in [3.63, 3.8) is 0 Å². The van der Waals surface area contributed by atoms with Gasteiger partial charge in [-0.2, -0.15) is 4.68 Å². The zero-order valence-corrected chi connectivity index (χ0v) is 15.6. The van der Waals surface area contributed by atoms with Crippen LogP contribution >= 0.6 is 11.3 Å². The topological polar surface area (TPSA) is 103 Å². The molecule has 140 valence electrons. The number of ether oxygens (including phenoxy) is 1. The van der Waals surface area contributed by atoms with Gasteiger partial charge in [-0.25, -0.2) is 4.79 Å². The van der Waals surface area contributed by atoms with Crippen LogP contribution in [0.1, 0.15) is 23.5 Å². The minimum atomic E-state index is -0.844. The standard InChI is InChI=1S/C18H18N4O4S/c1-11(2)15(19-16(23)14-8-5-9-27-14)18(25)26-10-22-17(24)12-6-3-4-7-13(12)20-21-22/h3-9,11,15H,10H2,1-2H3,(H,19,23)/t15-/m0/s1. The molecule has 9 heteroatoms. The first-order chi connectivity index (χ1) is 13.0. The Bertz CT molecular complexity index is 1010. The molecule has 0 aliphatic carbocycles. The fourth-order valence-electron chi connectivity index (χ4n) is 2.44. The zero-order chi connectivity index (χ0) is 19.4. The van der Waals surface area contributed by atoms with E-state index in [-0.39, 0.29) is 18.6 Å². The molecule has 2 aromatic heterocycles. The molecule has 0 radical (unpaired) electrons. The molecule has 0 fully saturated rings. The van der Waals surface area contributed by atoms with Crippen molar-refractivity contribution in [2.75, 3.05) is 0 Å². The Hall–Kier alpha value is -3.07. The maximum atomic E-state index is 12.4. The summed E-state index contributed by atoms with van der Waals surface area (Å²) >= 11 is 1.28. The molecule has 8 nitrogen and oxygen atoms in total. The monoisotopic (exact) mass is 386 g/mol. The summed E-state index contributed by atoms with van der Waals surface area (Å²) in [5, 5.41) is 12.5. The van der Waals surface area contributed by atoms with Gasteiger partial charge in [0.15, 0.2) is 6.73 Å². The molecular formula is C18H18N4O4S. The number of rotatable bonds is 6. The summed E-state index contributed by atoms with van der Waals surface area (Å²) in [6.07, 6.45) is 0. The Morgan fingerprint density at radius 2 is 2.00 bits per heavy atom. The molecule has 0 bridgehead atoms. The van der Waals surface area contributed by atoms with Gasteiger partial charge in [0.25, 0.3) is 11.5 Å². The van der Waals surface area contributed by atoms with E-state index in [1.165, 1.54) is 11.3 Å². The maximum absolute atomic E-state index is 12.4. The molecule has 27 heavy (non-hydrogen) atoms. The maximum Gasteiger partial charge on any atom is 0.330 e. The first-order valence-electron chi connectivity index (χ1n) is 8.31. The molecule has 1 N–H and O–H groups in total. The van der Waals surface area contributed by atoms with Gasteiger partial charge in [0.05, 0.1) is 10.3 Å². The number of nitrogens with one attached hydrogen (secondary N) is 1. The van der Waals surface area contributed by atoms with Crippen molar-refractivity contribution < 1.29 is 14.3 Å². The zero-order valence-electron chi connectivity index (χ0n) is 14.8. The van der Waals surface area contributed by atoms with Crippen LogP contribution in [-0.4, -0.2) is 32.9 Å². The quantitative estimate of drug-likeness (QED) is 0.648. The van der Waals surface area contributed by atoms with Gasteiger partial charge in [0, 0.05) is 0 Å². The fourth-order valence-corrected chi connectivity index (χ4v) is 3.07. The lowest BCUT2D eigenvalue weighted by Gasteiger charge is -2.20. The minimum Gasteiger partial charge on any atom is -0.441 e. The molecule has 3 rings (SSSR count). The summed E-state index contributed by atoms with van der Waals surface area (Å²) in [6.45, 7) is 3.21. The summed E-state index contributed by atoms with van der Waals surface area (Å²) in [4.78, 5) is 37.5. The first kappa shape index (κ1) is 18.7. The van der Waals surface area contributed by atoms with Crippen LogP contribution in [0.5, 0.6) is 0 Å². The number of fused-ring (bicyclic) bond motifs is 1. The highest BCUT2D eigenvalue weighted by Crippen LogP contribution is 2.11. The van der Waals surface area contributed by atoms with Gasteiger partial charge >= 0.3 is 5.97 Å². The average molecular weight is 386 g/mol. The number of esters is 1. The second kappa shape index (κ2) is 8.09. The molecule has 1 amide bonds. The number of carbonyl (C=O) groups excluding carboxylic acids is 2. The van der Waals surface area contributed by atoms with E-state index in [0.29, 0.717) is 15.8 Å². The van der Waals surface area contributed by atoms with E-state index in [1.807, 2.05) is 0 Å². The van der Waals surface area contributed by atoms with Crippen LogP contribution < -0.4 is 10.9 Å². The Balaban J connectivity index is 1.70. The Morgan fingerprint density at radius 1 is 1.22 bits per heavy atom. The Kier molecular flexibility index (Phi) is 5.60. The van der Waals surface area contributed by atoms with Gasteiger partial charge in [-0.3, -0.25) is 9.59 Å². The fraction of sp³-hybridized carbons (Fsp3) is 0.278. The third-order valence-corrected chi connectivity index (χ3v) is 4.78. The summed E-state index contributed by atoms with van der Waals surface area (Å²) in [6, 6.07) is 9.36. The van der Waals surface area contributed by atoms with Crippen molar-refractivity contribution in [1.82, 2.24) is 20.3 Å². The predicted octanol–water partition coefficient (Wildman–Crippen LogP) is 1.81. The number of thiophene rings is 1. The normalized spacial score (nSPS) is 12.1. The van der Waals surface area contributed by atoms with Gasteiger partial charge in [-0.15, -0.1) is 16.4 Å². The lowest BCUT2D eigenvalue weighted by Crippen LogP contribution is -2.45. The molecular weight excluding hydrogens is 368 g/mol. The van der Waals surface area contributed by atoms with Crippen LogP contribution in [0.3, 0.4) is 0 Å². The van der Waals surface area contributed by atoms with E-state index in [0.717, 1.165) is 4.68 Å². The molecule has 0 aliphatic rings. The van der Waals surface area contributed by atoms with E-state index < -0.39 is 17.6 Å². The summed E-state index contributed by atoms with van der Waals surface area (Å²) in [7, 11) is 0. The average Bonchev–Trinajstić information content (AvgIpc) is 3.20. The number of carbonyl (C=O) groups is 2. The van der Waals surface area contributed by atoms with Crippen molar-refractivity contribution in [2.45, 2.75) is 26.6 Å². The summed E-state index contributed by atoms with van der Waals surface area (Å²) in [5.41, 5.74) is 0.0606. The van der Waals surface area contributed by atoms with Crippen LogP contribution in [0.15, 0.2) is 46.6 Å². The summed E-state index contributed by atoms with van der Waals surface area (Å²) < 4.78 is 6.18. The number of amides is 1. The third kappa shape index (κ3) is 4.20. The molecule has 0 spiro atoms. The van der Waals surface area contributed by atoms with Crippen molar-refractivity contribution >= 4 is 34.1 Å². The minimum absolute atomic E-state index is 0.194. The third-order valence-electron chi connectivity index (χ3n) is 3.91. The van der Waals surface area contributed by atoms with E-state index in [2.05, 4.69) is 15.6 Å². The molecule has 1 atom stereocenters. The van der Waals surface area contributed by atoms with Gasteiger partial charge in [-0.05, 0) is 29.5 Å². The molecule has 0 unspecified atom stereocenters. The van der Waals surface area contributed by atoms with Crippen molar-refractivity contribution in [2.24, 2.45) is 5.92 Å². The van der Waals surface area contributed by atoms with Gasteiger partial charge < -0.3 is 10.1 Å². The van der Waals surface area contributed by atoms with E-state index in [9.17, 15) is 14.4 Å². The molecule has 2 heterocycles. The van der Waals surface area contributed by atoms with Gasteiger partial charge in [-0.1, -0.05) is 37.3 Å². The molecule has 0 saturated carbocycles. The van der Waals surface area contributed by atoms with E-state index >= 15 is 0 Å². The molecule has 3 aromatic rings. The van der Waals surface area contributed by atoms with Crippen LogP contribution in [0.4, 0.5) is 0 Å². The highest BCUT2D eigenvalue weighted by molar-refractivity contribution is 7.12. The van der Waals surface area contributed by atoms with Crippen LogP contribution in [0.2, 0.25) is 0 Å². The highest BCUT2D eigenvalue weighted by Gasteiger charge is 2.26. The van der Waals surface area contributed by atoms with Gasteiger partial charge in [0.1, 0.15) is 11.6 Å². The number of nitrogens with zero attached hydrogens (tertiary/aromatic N) is 3. The number of aromatic nitrogens is 3. The summed E-state index contributed by atoms with van der Waals surface area (Å²) in [5.74, 6) is -1.18.